The molecule has 3 rings (SSSR count). The molecule has 190 valence electrons. The zero-order chi connectivity index (χ0) is 25.8. The van der Waals surface area contributed by atoms with Gasteiger partial charge in [0.1, 0.15) is 0 Å². The first-order valence-corrected chi connectivity index (χ1v) is 12.0. The number of fused-ring (bicyclic) bond motifs is 1. The Labute approximate surface area is 208 Å². The number of anilines is 2. The second-order valence-electron chi connectivity index (χ2n) is 9.85. The second kappa shape index (κ2) is 10.9. The number of carbonyl (C=O) groups is 2. The molecule has 1 aliphatic heterocycles. The summed E-state index contributed by atoms with van der Waals surface area (Å²) in [5, 5.41) is 9.71. The summed E-state index contributed by atoms with van der Waals surface area (Å²) in [7, 11) is 0. The van der Waals surface area contributed by atoms with Gasteiger partial charge in [0.25, 0.3) is 0 Å². The predicted octanol–water partition coefficient (Wildman–Crippen LogP) is 5.76. The molecule has 0 fully saturated rings. The van der Waals surface area contributed by atoms with E-state index in [0.29, 0.717) is 35.9 Å². The van der Waals surface area contributed by atoms with Gasteiger partial charge in [-0.25, -0.2) is 0 Å². The van der Waals surface area contributed by atoms with Gasteiger partial charge in [-0.15, -0.1) is 0 Å². The molecule has 0 aliphatic carbocycles. The lowest BCUT2D eigenvalue weighted by atomic mass is 9.95. The summed E-state index contributed by atoms with van der Waals surface area (Å²) in [6.07, 6.45) is -3.73. The van der Waals surface area contributed by atoms with E-state index in [1.165, 1.54) is 0 Å². The van der Waals surface area contributed by atoms with Crippen LogP contribution in [0.1, 0.15) is 43.9 Å². The van der Waals surface area contributed by atoms with Crippen molar-refractivity contribution < 1.29 is 22.8 Å². The maximum absolute atomic E-state index is 12.9. The standard InChI is InChI=1S/C26H31ClF3N3O2/c1-25(2,3)24(35)31-13-12-16-4-6-17(7-5-16)14-33-22-19-9-8-18(23(34)26(28,29)30)15-32-21(19)11-10-20(22)27/h4-7,10-11,18,32-33H,8-9,12-15H2,1-3H3,(H,31,35). The Hall–Kier alpha value is -2.74. The van der Waals surface area contributed by atoms with Crippen molar-refractivity contribution in [3.63, 3.8) is 0 Å². The molecule has 35 heavy (non-hydrogen) atoms. The predicted molar refractivity (Wildman–Crippen MR) is 133 cm³/mol. The highest BCUT2D eigenvalue weighted by Gasteiger charge is 2.43. The van der Waals surface area contributed by atoms with Gasteiger partial charge in [0, 0.05) is 36.7 Å². The van der Waals surface area contributed by atoms with Crippen molar-refractivity contribution in [3.8, 4) is 0 Å². The number of nitrogens with one attached hydrogen (secondary N) is 3. The lowest BCUT2D eigenvalue weighted by Crippen LogP contribution is -2.35. The van der Waals surface area contributed by atoms with E-state index >= 15 is 0 Å². The Morgan fingerprint density at radius 2 is 1.71 bits per heavy atom. The minimum atomic E-state index is -4.84. The molecule has 0 aromatic heterocycles. The van der Waals surface area contributed by atoms with Gasteiger partial charge in [0.15, 0.2) is 0 Å². The summed E-state index contributed by atoms with van der Waals surface area (Å²) in [6.45, 7) is 6.59. The van der Waals surface area contributed by atoms with Crippen LogP contribution in [0.2, 0.25) is 5.02 Å². The molecule has 0 radical (unpaired) electrons. The molecule has 0 saturated heterocycles. The molecule has 5 nitrogen and oxygen atoms in total. The van der Waals surface area contributed by atoms with Crippen LogP contribution in [-0.4, -0.2) is 31.0 Å². The fourth-order valence-electron chi connectivity index (χ4n) is 3.94. The van der Waals surface area contributed by atoms with Crippen molar-refractivity contribution in [1.82, 2.24) is 5.32 Å². The highest BCUT2D eigenvalue weighted by molar-refractivity contribution is 6.33. The quantitative estimate of drug-likeness (QED) is 0.443. The van der Waals surface area contributed by atoms with Gasteiger partial charge in [-0.2, -0.15) is 13.2 Å². The number of benzene rings is 2. The normalized spacial score (nSPS) is 16.0. The molecule has 9 heteroatoms. The Kier molecular flexibility index (Phi) is 8.36. The highest BCUT2D eigenvalue weighted by atomic mass is 35.5. The monoisotopic (exact) mass is 509 g/mol. The van der Waals surface area contributed by atoms with Gasteiger partial charge in [0.2, 0.25) is 11.7 Å². The van der Waals surface area contributed by atoms with E-state index in [0.717, 1.165) is 23.1 Å². The summed E-state index contributed by atoms with van der Waals surface area (Å²) >= 11 is 6.42. The largest absolute Gasteiger partial charge is 0.450 e. The lowest BCUT2D eigenvalue weighted by Gasteiger charge is -2.18. The zero-order valence-electron chi connectivity index (χ0n) is 20.1. The van der Waals surface area contributed by atoms with Crippen LogP contribution in [0.15, 0.2) is 36.4 Å². The van der Waals surface area contributed by atoms with Crippen molar-refractivity contribution in [2.24, 2.45) is 11.3 Å². The minimum absolute atomic E-state index is 0.0146. The average molecular weight is 510 g/mol. The van der Waals surface area contributed by atoms with Crippen LogP contribution < -0.4 is 16.0 Å². The van der Waals surface area contributed by atoms with E-state index < -0.39 is 23.3 Å². The Morgan fingerprint density at radius 3 is 2.34 bits per heavy atom. The SMILES string of the molecule is CC(C)(C)C(=O)NCCc1ccc(CNc2c(Cl)ccc3c2CCC(C(=O)C(F)(F)F)CN3)cc1. The van der Waals surface area contributed by atoms with Gasteiger partial charge < -0.3 is 16.0 Å². The molecular formula is C26H31ClF3N3O2. The summed E-state index contributed by atoms with van der Waals surface area (Å²) in [6, 6.07) is 11.4. The second-order valence-corrected chi connectivity index (χ2v) is 10.3. The number of rotatable bonds is 7. The number of ketones is 1. The van der Waals surface area contributed by atoms with Crippen LogP contribution in [0, 0.1) is 11.3 Å². The molecule has 1 amide bonds. The molecule has 0 saturated carbocycles. The summed E-state index contributed by atoms with van der Waals surface area (Å²) in [4.78, 5) is 23.7. The van der Waals surface area contributed by atoms with Crippen molar-refractivity contribution in [1.29, 1.82) is 0 Å². The van der Waals surface area contributed by atoms with Crippen LogP contribution in [0.3, 0.4) is 0 Å². The maximum atomic E-state index is 12.9. The Morgan fingerprint density at radius 1 is 1.06 bits per heavy atom. The molecular weight excluding hydrogens is 479 g/mol. The smallest absolute Gasteiger partial charge is 0.384 e. The van der Waals surface area contributed by atoms with Crippen molar-refractivity contribution in [2.75, 3.05) is 23.7 Å². The molecule has 2 aromatic rings. The van der Waals surface area contributed by atoms with Crippen molar-refractivity contribution in [3.05, 3.63) is 58.1 Å². The zero-order valence-corrected chi connectivity index (χ0v) is 20.9. The van der Waals surface area contributed by atoms with Crippen LogP contribution in [0.4, 0.5) is 24.5 Å². The van der Waals surface area contributed by atoms with Gasteiger partial charge in [0.05, 0.1) is 10.7 Å². The van der Waals surface area contributed by atoms with Crippen molar-refractivity contribution in [2.45, 2.75) is 52.8 Å². The molecule has 2 aromatic carbocycles. The Balaban J connectivity index is 1.61. The molecule has 0 bridgehead atoms. The fourth-order valence-corrected chi connectivity index (χ4v) is 4.19. The van der Waals surface area contributed by atoms with Crippen LogP contribution in [0.25, 0.3) is 0 Å². The van der Waals surface area contributed by atoms with Gasteiger partial charge in [-0.1, -0.05) is 56.6 Å². The van der Waals surface area contributed by atoms with E-state index in [2.05, 4.69) is 16.0 Å². The first-order valence-electron chi connectivity index (χ1n) is 11.6. The average Bonchev–Trinajstić information content (AvgIpc) is 3.00. The summed E-state index contributed by atoms with van der Waals surface area (Å²) in [5.74, 6) is -2.81. The first-order chi connectivity index (χ1) is 16.4. The van der Waals surface area contributed by atoms with E-state index in [-0.39, 0.29) is 18.9 Å². The minimum Gasteiger partial charge on any atom is -0.384 e. The summed E-state index contributed by atoms with van der Waals surface area (Å²) in [5.41, 5.74) is 3.80. The van der Waals surface area contributed by atoms with E-state index in [9.17, 15) is 22.8 Å². The van der Waals surface area contributed by atoms with Gasteiger partial charge >= 0.3 is 6.18 Å². The van der Waals surface area contributed by atoms with E-state index in [1.54, 1.807) is 12.1 Å². The summed E-state index contributed by atoms with van der Waals surface area (Å²) < 4.78 is 38.7. The third-order valence-electron chi connectivity index (χ3n) is 6.07. The Bertz CT molecular complexity index is 1060. The third kappa shape index (κ3) is 7.13. The van der Waals surface area contributed by atoms with Crippen molar-refractivity contribution >= 4 is 34.7 Å². The molecule has 1 atom stereocenters. The van der Waals surface area contributed by atoms with Crippen LogP contribution in [0.5, 0.6) is 0 Å². The van der Waals surface area contributed by atoms with Crippen LogP contribution in [-0.2, 0) is 29.0 Å². The highest BCUT2D eigenvalue weighted by Crippen LogP contribution is 2.37. The first kappa shape index (κ1) is 26.9. The van der Waals surface area contributed by atoms with Gasteiger partial charge in [-0.3, -0.25) is 9.59 Å². The molecule has 3 N–H and O–H groups in total. The fraction of sp³-hybridized carbons (Fsp3) is 0.462. The number of amides is 1. The molecule has 1 aliphatic rings. The molecule has 1 heterocycles. The number of carbonyl (C=O) groups excluding carboxylic acids is 2. The maximum Gasteiger partial charge on any atom is 0.450 e. The molecule has 1 unspecified atom stereocenters. The van der Waals surface area contributed by atoms with E-state index in [4.69, 9.17) is 11.6 Å². The number of alkyl halides is 3. The number of hydrogen-bond acceptors (Lipinski definition) is 4. The lowest BCUT2D eigenvalue weighted by molar-refractivity contribution is -0.175. The number of hydrogen-bond donors (Lipinski definition) is 3. The topological polar surface area (TPSA) is 70.2 Å². The third-order valence-corrected chi connectivity index (χ3v) is 6.38. The van der Waals surface area contributed by atoms with Gasteiger partial charge in [-0.05, 0) is 48.1 Å². The molecule has 0 spiro atoms. The van der Waals surface area contributed by atoms with E-state index in [1.807, 2.05) is 45.0 Å². The number of Topliss-reactive ketones (excluding diaryl/α,β-unsaturated/α-hetero) is 1. The number of halogens is 4. The van der Waals surface area contributed by atoms with Crippen LogP contribution >= 0.6 is 11.6 Å².